The Morgan fingerprint density at radius 2 is 1.71 bits per heavy atom. The minimum absolute atomic E-state index is 0.0653. The van der Waals surface area contributed by atoms with Gasteiger partial charge in [-0.1, -0.05) is 12.8 Å². The molecule has 1 amide bonds. The second kappa shape index (κ2) is 12.9. The largest absolute Gasteiger partial charge is 0.421 e. The van der Waals surface area contributed by atoms with Crippen LogP contribution in [0.2, 0.25) is 0 Å². The zero-order valence-electron chi connectivity index (χ0n) is 23.5. The summed E-state index contributed by atoms with van der Waals surface area (Å²) in [5, 5.41) is 5.77. The molecule has 4 rings (SSSR count). The summed E-state index contributed by atoms with van der Waals surface area (Å²) in [5.41, 5.74) is -0.0328. The van der Waals surface area contributed by atoms with E-state index in [1.807, 2.05) is 0 Å². The zero-order chi connectivity index (χ0) is 29.8. The molecule has 0 bridgehead atoms. The van der Waals surface area contributed by atoms with Gasteiger partial charge in [-0.2, -0.15) is 18.2 Å². The van der Waals surface area contributed by atoms with Crippen molar-refractivity contribution in [3.05, 3.63) is 41.6 Å². The molecule has 2 atom stereocenters. The molecule has 10 nitrogen and oxygen atoms in total. The molecule has 0 unspecified atom stereocenters. The first-order valence-corrected chi connectivity index (χ1v) is 15.5. The van der Waals surface area contributed by atoms with Gasteiger partial charge in [0.15, 0.2) is 0 Å². The molecule has 1 aliphatic heterocycles. The van der Waals surface area contributed by atoms with Gasteiger partial charge in [-0.05, 0) is 77.0 Å². The lowest BCUT2D eigenvalue weighted by atomic mass is 9.91. The first-order chi connectivity index (χ1) is 19.4. The van der Waals surface area contributed by atoms with Crippen LogP contribution in [0.4, 0.5) is 30.6 Å². The lowest BCUT2D eigenvalue weighted by Gasteiger charge is -2.35. The first-order valence-electron chi connectivity index (χ1n) is 13.9. The van der Waals surface area contributed by atoms with Gasteiger partial charge >= 0.3 is 6.18 Å². The molecule has 41 heavy (non-hydrogen) atoms. The highest BCUT2D eigenvalue weighted by atomic mass is 32.2. The van der Waals surface area contributed by atoms with E-state index in [4.69, 9.17) is 0 Å². The van der Waals surface area contributed by atoms with Gasteiger partial charge in [0.05, 0.1) is 5.75 Å². The molecular weight excluding hydrogens is 559 g/mol. The lowest BCUT2D eigenvalue weighted by molar-refractivity contribution is -0.137. The van der Waals surface area contributed by atoms with E-state index in [1.54, 1.807) is 36.2 Å². The number of sulfonamides is 1. The number of halogens is 3. The number of likely N-dealkylation sites (tertiary alicyclic amines) is 1. The fraction of sp³-hybridized carbons (Fsp3) is 0.593. The minimum Gasteiger partial charge on any atom is -0.365 e. The fourth-order valence-corrected chi connectivity index (χ4v) is 6.18. The summed E-state index contributed by atoms with van der Waals surface area (Å²) in [6, 6.07) is 5.67. The van der Waals surface area contributed by atoms with Gasteiger partial charge in [-0.15, -0.1) is 0 Å². The maximum atomic E-state index is 13.8. The molecule has 1 aromatic carbocycles. The zero-order valence-corrected chi connectivity index (χ0v) is 24.4. The Kier molecular flexibility index (Phi) is 9.75. The highest BCUT2D eigenvalue weighted by Gasteiger charge is 2.37. The van der Waals surface area contributed by atoms with Crippen molar-refractivity contribution in [3.8, 4) is 0 Å². The standard InChI is InChI=1S/C27H38F3N7O3S/c1-4-41(39,40)35-23-8-6-5-7-22(23)33-24-21(27(28,29)30)17-31-26(34-24)32-19-11-9-18(10-12-19)25(38)37(3)20-13-15-36(2)16-14-20/h9-12,17,20,22-23,35H,4-8,13-16H2,1-3H3,(H2,31,32,33,34)/t22-,23+/m1/s1. The van der Waals surface area contributed by atoms with Crippen molar-refractivity contribution in [2.24, 2.45) is 0 Å². The van der Waals surface area contributed by atoms with Gasteiger partial charge in [0.25, 0.3) is 5.91 Å². The highest BCUT2D eigenvalue weighted by Crippen LogP contribution is 2.35. The van der Waals surface area contributed by atoms with E-state index >= 15 is 0 Å². The molecule has 2 aromatic rings. The van der Waals surface area contributed by atoms with Gasteiger partial charge in [-0.3, -0.25) is 4.79 Å². The Balaban J connectivity index is 1.49. The van der Waals surface area contributed by atoms with Crippen LogP contribution in [0.25, 0.3) is 0 Å². The van der Waals surface area contributed by atoms with E-state index in [-0.39, 0.29) is 23.7 Å². The molecule has 1 aromatic heterocycles. The topological polar surface area (TPSA) is 120 Å². The number of aromatic nitrogens is 2. The van der Waals surface area contributed by atoms with Gasteiger partial charge in [-0.25, -0.2) is 18.1 Å². The summed E-state index contributed by atoms with van der Waals surface area (Å²) in [6.45, 7) is 3.38. The Labute approximate surface area is 239 Å². The van der Waals surface area contributed by atoms with Gasteiger partial charge < -0.3 is 20.4 Å². The third-order valence-corrected chi connectivity index (χ3v) is 9.26. The number of carbonyl (C=O) groups is 1. The number of alkyl halides is 3. The number of benzene rings is 1. The predicted octanol–water partition coefficient (Wildman–Crippen LogP) is 4.07. The normalized spacial score (nSPS) is 20.9. The Bertz CT molecular complexity index is 1300. The Morgan fingerprint density at radius 1 is 1.07 bits per heavy atom. The number of anilines is 3. The van der Waals surface area contributed by atoms with Crippen molar-refractivity contribution < 1.29 is 26.4 Å². The second-order valence-electron chi connectivity index (χ2n) is 10.8. The summed E-state index contributed by atoms with van der Waals surface area (Å²) in [6.07, 6.45) is 0.324. The maximum absolute atomic E-state index is 13.8. The van der Waals surface area contributed by atoms with Crippen LogP contribution in [0.15, 0.2) is 30.5 Å². The SMILES string of the molecule is CCS(=O)(=O)N[C@H]1CCCC[C@H]1Nc1nc(Nc2ccc(C(=O)N(C)C3CCN(C)CC3)cc2)ncc1C(F)(F)F. The number of amides is 1. The molecule has 2 fully saturated rings. The number of hydrogen-bond acceptors (Lipinski definition) is 8. The van der Waals surface area contributed by atoms with Crippen molar-refractivity contribution >= 4 is 33.4 Å². The van der Waals surface area contributed by atoms with Gasteiger partial charge in [0.2, 0.25) is 16.0 Å². The van der Waals surface area contributed by atoms with E-state index in [0.717, 1.165) is 38.8 Å². The molecule has 2 heterocycles. The van der Waals surface area contributed by atoms with E-state index in [9.17, 15) is 26.4 Å². The number of nitrogens with one attached hydrogen (secondary N) is 3. The van der Waals surface area contributed by atoms with Gasteiger partial charge in [0.1, 0.15) is 11.4 Å². The second-order valence-corrected chi connectivity index (χ2v) is 12.8. The van der Waals surface area contributed by atoms with E-state index < -0.39 is 39.7 Å². The average Bonchev–Trinajstić information content (AvgIpc) is 2.93. The third-order valence-electron chi connectivity index (χ3n) is 7.84. The Morgan fingerprint density at radius 3 is 2.32 bits per heavy atom. The third kappa shape index (κ3) is 8.07. The van der Waals surface area contributed by atoms with E-state index in [1.165, 1.54) is 6.92 Å². The van der Waals surface area contributed by atoms with Crippen molar-refractivity contribution in [2.45, 2.75) is 69.8 Å². The smallest absolute Gasteiger partial charge is 0.365 e. The van der Waals surface area contributed by atoms with Crippen LogP contribution in [0.1, 0.15) is 61.4 Å². The average molecular weight is 598 g/mol. The predicted molar refractivity (Wildman–Crippen MR) is 152 cm³/mol. The molecule has 3 N–H and O–H groups in total. The summed E-state index contributed by atoms with van der Waals surface area (Å²) < 4.78 is 68.4. The van der Waals surface area contributed by atoms with Crippen LogP contribution < -0.4 is 15.4 Å². The molecular formula is C27H38F3N7O3S. The fourth-order valence-electron chi connectivity index (χ4n) is 5.27. The Hall–Kier alpha value is -2.97. The monoisotopic (exact) mass is 597 g/mol. The van der Waals surface area contributed by atoms with Crippen LogP contribution >= 0.6 is 0 Å². The molecule has 0 radical (unpaired) electrons. The molecule has 14 heteroatoms. The molecule has 1 saturated carbocycles. The van der Waals surface area contributed by atoms with Crippen LogP contribution in [0, 0.1) is 0 Å². The van der Waals surface area contributed by atoms with Crippen molar-refractivity contribution in [1.82, 2.24) is 24.5 Å². The minimum atomic E-state index is -4.71. The number of hydrogen-bond donors (Lipinski definition) is 3. The summed E-state index contributed by atoms with van der Waals surface area (Å²) in [5.74, 6) is -0.701. The van der Waals surface area contributed by atoms with Crippen LogP contribution in [0.5, 0.6) is 0 Å². The van der Waals surface area contributed by atoms with Crippen molar-refractivity contribution in [2.75, 3.05) is 43.6 Å². The van der Waals surface area contributed by atoms with Crippen LogP contribution in [0.3, 0.4) is 0 Å². The summed E-state index contributed by atoms with van der Waals surface area (Å²) in [4.78, 5) is 25.0. The number of carbonyl (C=O) groups excluding carboxylic acids is 1. The number of rotatable bonds is 9. The molecule has 1 aliphatic carbocycles. The molecule has 0 spiro atoms. The molecule has 2 aliphatic rings. The molecule has 226 valence electrons. The van der Waals surface area contributed by atoms with Crippen molar-refractivity contribution in [3.63, 3.8) is 0 Å². The maximum Gasteiger partial charge on any atom is 0.421 e. The summed E-state index contributed by atoms with van der Waals surface area (Å²) in [7, 11) is 0.326. The summed E-state index contributed by atoms with van der Waals surface area (Å²) >= 11 is 0. The first kappa shape index (κ1) is 31.0. The lowest BCUT2D eigenvalue weighted by Crippen LogP contribution is -2.49. The number of piperidine rings is 1. The van der Waals surface area contributed by atoms with Gasteiger partial charge in [0, 0.05) is 42.6 Å². The number of nitrogens with zero attached hydrogens (tertiary/aromatic N) is 4. The highest BCUT2D eigenvalue weighted by molar-refractivity contribution is 7.89. The van der Waals surface area contributed by atoms with E-state index in [2.05, 4.69) is 37.3 Å². The molecule has 1 saturated heterocycles. The van der Waals surface area contributed by atoms with E-state index in [0.29, 0.717) is 30.3 Å². The van der Waals surface area contributed by atoms with Crippen LogP contribution in [-0.4, -0.2) is 85.2 Å². The quantitative estimate of drug-likeness (QED) is 0.396. The van der Waals surface area contributed by atoms with Crippen LogP contribution in [-0.2, 0) is 16.2 Å². The van der Waals surface area contributed by atoms with Crippen molar-refractivity contribution in [1.29, 1.82) is 0 Å².